The molecule has 1 aliphatic heterocycles. The fourth-order valence-electron chi connectivity index (χ4n) is 3.16. The molecule has 1 saturated heterocycles. The summed E-state index contributed by atoms with van der Waals surface area (Å²) in [7, 11) is 1.65. The number of ether oxygens (including phenoxy) is 3. The number of carbonyl (C=O) groups is 1. The fraction of sp³-hybridized carbons (Fsp3) is 0.611. The van der Waals surface area contributed by atoms with Crippen LogP contribution in [0.2, 0.25) is 0 Å². The lowest BCUT2D eigenvalue weighted by atomic mass is 10.2. The molecule has 1 atom stereocenters. The highest BCUT2D eigenvalue weighted by atomic mass is 16.5. The van der Waals surface area contributed by atoms with Gasteiger partial charge in [0.2, 0.25) is 5.91 Å². The summed E-state index contributed by atoms with van der Waals surface area (Å²) in [6.07, 6.45) is 4.90. The molecular formula is C18H26N2O4. The normalized spacial score (nSPS) is 21.5. The number of benzene rings is 1. The van der Waals surface area contributed by atoms with Gasteiger partial charge in [0, 0.05) is 13.1 Å². The van der Waals surface area contributed by atoms with Crippen molar-refractivity contribution in [2.24, 2.45) is 0 Å². The molecular weight excluding hydrogens is 308 g/mol. The SMILES string of the molecule is COc1ccc(CNC(=O)C2COCCN2)cc1OC1CCCC1. The van der Waals surface area contributed by atoms with E-state index in [4.69, 9.17) is 14.2 Å². The van der Waals surface area contributed by atoms with E-state index in [0.29, 0.717) is 26.3 Å². The summed E-state index contributed by atoms with van der Waals surface area (Å²) < 4.78 is 16.8. The molecule has 6 nitrogen and oxygen atoms in total. The summed E-state index contributed by atoms with van der Waals surface area (Å²) in [6, 6.07) is 5.53. The second-order valence-electron chi connectivity index (χ2n) is 6.31. The van der Waals surface area contributed by atoms with Crippen LogP contribution >= 0.6 is 0 Å². The molecule has 1 saturated carbocycles. The van der Waals surface area contributed by atoms with Gasteiger partial charge in [-0.2, -0.15) is 0 Å². The van der Waals surface area contributed by atoms with Gasteiger partial charge in [0.25, 0.3) is 0 Å². The number of morpholine rings is 1. The lowest BCUT2D eigenvalue weighted by Crippen LogP contribution is -2.51. The minimum atomic E-state index is -0.272. The third kappa shape index (κ3) is 4.39. The third-order valence-electron chi connectivity index (χ3n) is 4.53. The Labute approximate surface area is 142 Å². The van der Waals surface area contributed by atoms with Gasteiger partial charge in [-0.1, -0.05) is 6.07 Å². The first-order chi connectivity index (χ1) is 11.8. The van der Waals surface area contributed by atoms with Crippen molar-refractivity contribution in [1.82, 2.24) is 10.6 Å². The molecule has 0 spiro atoms. The molecule has 132 valence electrons. The van der Waals surface area contributed by atoms with Gasteiger partial charge in [0.05, 0.1) is 26.4 Å². The first-order valence-electron chi connectivity index (χ1n) is 8.68. The van der Waals surface area contributed by atoms with Crippen LogP contribution in [-0.2, 0) is 16.1 Å². The van der Waals surface area contributed by atoms with E-state index in [-0.39, 0.29) is 18.1 Å². The molecule has 24 heavy (non-hydrogen) atoms. The lowest BCUT2D eigenvalue weighted by Gasteiger charge is -2.23. The quantitative estimate of drug-likeness (QED) is 0.827. The van der Waals surface area contributed by atoms with Crippen LogP contribution in [0.15, 0.2) is 18.2 Å². The van der Waals surface area contributed by atoms with Crippen molar-refractivity contribution in [1.29, 1.82) is 0 Å². The Hall–Kier alpha value is -1.79. The number of nitrogens with one attached hydrogen (secondary N) is 2. The summed E-state index contributed by atoms with van der Waals surface area (Å²) in [5, 5.41) is 6.10. The van der Waals surface area contributed by atoms with E-state index >= 15 is 0 Å². The standard InChI is InChI=1S/C18H26N2O4/c1-22-16-7-6-13(10-17(16)24-14-4-2-3-5-14)11-20-18(21)15-12-23-9-8-19-15/h6-7,10,14-15,19H,2-5,8-9,11-12H2,1H3,(H,20,21). The molecule has 1 aliphatic carbocycles. The topological polar surface area (TPSA) is 68.8 Å². The third-order valence-corrected chi connectivity index (χ3v) is 4.53. The predicted molar refractivity (Wildman–Crippen MR) is 90.3 cm³/mol. The highest BCUT2D eigenvalue weighted by Crippen LogP contribution is 2.32. The zero-order valence-corrected chi connectivity index (χ0v) is 14.2. The van der Waals surface area contributed by atoms with Crippen LogP contribution in [-0.4, -0.2) is 44.9 Å². The predicted octanol–water partition coefficient (Wildman–Crippen LogP) is 1.62. The Morgan fingerprint density at radius 3 is 2.88 bits per heavy atom. The molecule has 2 N–H and O–H groups in total. The van der Waals surface area contributed by atoms with Crippen molar-refractivity contribution in [3.05, 3.63) is 23.8 Å². The number of rotatable bonds is 6. The van der Waals surface area contributed by atoms with Crippen molar-refractivity contribution < 1.29 is 19.0 Å². The molecule has 1 heterocycles. The molecule has 1 amide bonds. The number of hydrogen-bond acceptors (Lipinski definition) is 5. The Bertz CT molecular complexity index is 552. The first kappa shape index (κ1) is 17.0. The summed E-state index contributed by atoms with van der Waals surface area (Å²) in [5.74, 6) is 1.46. The minimum absolute atomic E-state index is 0.0382. The monoisotopic (exact) mass is 334 g/mol. The van der Waals surface area contributed by atoms with E-state index in [9.17, 15) is 4.79 Å². The highest BCUT2D eigenvalue weighted by Gasteiger charge is 2.21. The number of carbonyl (C=O) groups excluding carboxylic acids is 1. The zero-order valence-electron chi connectivity index (χ0n) is 14.2. The van der Waals surface area contributed by atoms with Crippen LogP contribution in [0.3, 0.4) is 0 Å². The maximum absolute atomic E-state index is 12.1. The van der Waals surface area contributed by atoms with E-state index in [0.717, 1.165) is 29.9 Å². The van der Waals surface area contributed by atoms with Crippen LogP contribution in [0.25, 0.3) is 0 Å². The summed E-state index contributed by atoms with van der Waals surface area (Å²) in [4.78, 5) is 12.1. The van der Waals surface area contributed by atoms with E-state index in [1.54, 1.807) is 7.11 Å². The summed E-state index contributed by atoms with van der Waals surface area (Å²) >= 11 is 0. The van der Waals surface area contributed by atoms with Gasteiger partial charge in [0.1, 0.15) is 6.04 Å². The van der Waals surface area contributed by atoms with Crippen LogP contribution in [0.5, 0.6) is 11.5 Å². The largest absolute Gasteiger partial charge is 0.493 e. The Morgan fingerprint density at radius 2 is 2.17 bits per heavy atom. The van der Waals surface area contributed by atoms with Crippen molar-refractivity contribution in [3.63, 3.8) is 0 Å². The number of methoxy groups -OCH3 is 1. The van der Waals surface area contributed by atoms with Crippen LogP contribution in [0.1, 0.15) is 31.2 Å². The van der Waals surface area contributed by atoms with Gasteiger partial charge in [-0.3, -0.25) is 4.79 Å². The summed E-state index contributed by atoms with van der Waals surface area (Å²) in [5.41, 5.74) is 0.994. The van der Waals surface area contributed by atoms with Crippen molar-refractivity contribution in [2.45, 2.75) is 44.4 Å². The Balaban J connectivity index is 1.59. The van der Waals surface area contributed by atoms with Crippen LogP contribution in [0, 0.1) is 0 Å². The molecule has 1 aromatic rings. The van der Waals surface area contributed by atoms with E-state index in [1.165, 1.54) is 12.8 Å². The fourth-order valence-corrected chi connectivity index (χ4v) is 3.16. The molecule has 6 heteroatoms. The highest BCUT2D eigenvalue weighted by molar-refractivity contribution is 5.82. The van der Waals surface area contributed by atoms with Gasteiger partial charge in [-0.15, -0.1) is 0 Å². The Morgan fingerprint density at radius 1 is 1.33 bits per heavy atom. The molecule has 1 aromatic carbocycles. The van der Waals surface area contributed by atoms with Crippen molar-refractivity contribution >= 4 is 5.91 Å². The number of hydrogen-bond donors (Lipinski definition) is 2. The van der Waals surface area contributed by atoms with E-state index < -0.39 is 0 Å². The van der Waals surface area contributed by atoms with Gasteiger partial charge in [-0.05, 0) is 43.4 Å². The van der Waals surface area contributed by atoms with Gasteiger partial charge < -0.3 is 24.8 Å². The van der Waals surface area contributed by atoms with Crippen LogP contribution < -0.4 is 20.1 Å². The Kier molecular flexibility index (Phi) is 5.93. The second-order valence-corrected chi connectivity index (χ2v) is 6.31. The van der Waals surface area contributed by atoms with Crippen molar-refractivity contribution in [2.75, 3.05) is 26.9 Å². The van der Waals surface area contributed by atoms with E-state index in [1.807, 2.05) is 18.2 Å². The maximum atomic E-state index is 12.1. The molecule has 2 fully saturated rings. The molecule has 3 rings (SSSR count). The smallest absolute Gasteiger partial charge is 0.239 e. The molecule has 0 aromatic heterocycles. The van der Waals surface area contributed by atoms with Gasteiger partial charge in [-0.25, -0.2) is 0 Å². The minimum Gasteiger partial charge on any atom is -0.493 e. The zero-order chi connectivity index (χ0) is 16.8. The molecule has 0 bridgehead atoms. The summed E-state index contributed by atoms with van der Waals surface area (Å²) in [6.45, 7) is 2.25. The molecule has 0 radical (unpaired) electrons. The first-order valence-corrected chi connectivity index (χ1v) is 8.68. The maximum Gasteiger partial charge on any atom is 0.239 e. The van der Waals surface area contributed by atoms with Crippen molar-refractivity contribution in [3.8, 4) is 11.5 Å². The molecule has 2 aliphatic rings. The second kappa shape index (κ2) is 8.35. The van der Waals surface area contributed by atoms with E-state index in [2.05, 4.69) is 10.6 Å². The lowest BCUT2D eigenvalue weighted by molar-refractivity contribution is -0.126. The van der Waals surface area contributed by atoms with Crippen LogP contribution in [0.4, 0.5) is 0 Å². The average molecular weight is 334 g/mol. The number of amides is 1. The van der Waals surface area contributed by atoms with Gasteiger partial charge >= 0.3 is 0 Å². The molecule has 1 unspecified atom stereocenters. The average Bonchev–Trinajstić information content (AvgIpc) is 3.13. The van der Waals surface area contributed by atoms with Gasteiger partial charge in [0.15, 0.2) is 11.5 Å².